The van der Waals surface area contributed by atoms with E-state index in [0.29, 0.717) is 26.1 Å². The number of esters is 1. The van der Waals surface area contributed by atoms with Gasteiger partial charge in [0.05, 0.1) is 19.3 Å². The van der Waals surface area contributed by atoms with E-state index in [1.54, 1.807) is 19.1 Å². The molecule has 1 saturated heterocycles. The van der Waals surface area contributed by atoms with Gasteiger partial charge in [-0.1, -0.05) is 99.6 Å². The number of allylic oxidation sites excluding steroid dienone is 1. The van der Waals surface area contributed by atoms with Gasteiger partial charge < -0.3 is 23.7 Å². The second kappa shape index (κ2) is 16.0. The molecule has 0 bridgehead atoms. The lowest BCUT2D eigenvalue weighted by atomic mass is 9.69. The van der Waals surface area contributed by atoms with Crippen LogP contribution in [0, 0.1) is 17.7 Å². The van der Waals surface area contributed by atoms with Gasteiger partial charge in [-0.25, -0.2) is 9.18 Å². The first kappa shape index (κ1) is 36.1. The third-order valence-corrected chi connectivity index (χ3v) is 15.3. The molecule has 0 radical (unpaired) electrons. The van der Waals surface area contributed by atoms with Crippen LogP contribution in [0.1, 0.15) is 65.4 Å². The predicted octanol–water partition coefficient (Wildman–Crippen LogP) is 6.69. The molecule has 8 heteroatoms. The van der Waals surface area contributed by atoms with Gasteiger partial charge >= 0.3 is 5.97 Å². The number of carbonyl (C=O) groups is 1. The third-order valence-electron chi connectivity index (χ3n) is 10.3. The van der Waals surface area contributed by atoms with Gasteiger partial charge in [-0.2, -0.15) is 0 Å². The summed E-state index contributed by atoms with van der Waals surface area (Å²) in [6.07, 6.45) is 6.44. The smallest absolute Gasteiger partial charge is 0.330 e. The van der Waals surface area contributed by atoms with Crippen molar-refractivity contribution in [2.24, 2.45) is 11.8 Å². The lowest BCUT2D eigenvalue weighted by Gasteiger charge is -2.44. The van der Waals surface area contributed by atoms with Gasteiger partial charge in [0.15, 0.2) is 6.29 Å². The van der Waals surface area contributed by atoms with Gasteiger partial charge in [0.25, 0.3) is 8.32 Å². The summed E-state index contributed by atoms with van der Waals surface area (Å²) in [5, 5.41) is 13.5. The van der Waals surface area contributed by atoms with Crippen LogP contribution < -0.4 is 10.4 Å². The molecule has 258 valence electrons. The standard InChI is InChI=1S/C40H51FO6Si/c1-5-44-37(43)20-14-19-35-34(28-46-48(39(2,3)4,32-15-8-6-9-16-32)33-17-10-7-11-18-33)36(47-38-21-12-13-26-45-38)27-40(35,29-42)30-22-24-31(41)25-23-30/h6-11,14-18,20,22-25,34-36,38,42H,5,12-13,19,21,26-29H2,1-4H3/t34-,35-,36-,38?,40-/m0/s1. The van der Waals surface area contributed by atoms with Crippen molar-refractivity contribution in [2.75, 3.05) is 26.4 Å². The molecule has 48 heavy (non-hydrogen) atoms. The zero-order chi connectivity index (χ0) is 34.2. The van der Waals surface area contributed by atoms with E-state index in [9.17, 15) is 14.3 Å². The van der Waals surface area contributed by atoms with Crippen molar-refractivity contribution in [3.8, 4) is 0 Å². The Morgan fingerprint density at radius 3 is 2.19 bits per heavy atom. The molecule has 5 atom stereocenters. The van der Waals surface area contributed by atoms with Crippen LogP contribution in [-0.4, -0.2) is 58.2 Å². The van der Waals surface area contributed by atoms with E-state index >= 15 is 0 Å². The minimum absolute atomic E-state index is 0.169. The van der Waals surface area contributed by atoms with Crippen molar-refractivity contribution in [3.63, 3.8) is 0 Å². The van der Waals surface area contributed by atoms with Crippen molar-refractivity contribution in [3.05, 3.63) is 108 Å². The number of rotatable bonds is 13. The molecule has 6 nitrogen and oxygen atoms in total. The second-order valence-electron chi connectivity index (χ2n) is 14.1. The quantitative estimate of drug-likeness (QED) is 0.124. The van der Waals surface area contributed by atoms with E-state index in [1.807, 2.05) is 18.2 Å². The number of aliphatic hydroxyl groups excluding tert-OH is 1. The van der Waals surface area contributed by atoms with Crippen LogP contribution in [0.25, 0.3) is 0 Å². The van der Waals surface area contributed by atoms with Crippen LogP contribution in [0.3, 0.4) is 0 Å². The second-order valence-corrected chi connectivity index (χ2v) is 18.4. The zero-order valence-corrected chi connectivity index (χ0v) is 29.8. The highest BCUT2D eigenvalue weighted by atomic mass is 28.4. The molecular formula is C40H51FO6Si. The van der Waals surface area contributed by atoms with Gasteiger partial charge in [0.1, 0.15) is 5.82 Å². The normalized spacial score (nSPS) is 25.0. The van der Waals surface area contributed by atoms with Crippen LogP contribution >= 0.6 is 0 Å². The Bertz CT molecular complexity index is 1430. The first-order chi connectivity index (χ1) is 23.1. The molecule has 5 rings (SSSR count). The van der Waals surface area contributed by atoms with Crippen molar-refractivity contribution < 1.29 is 32.9 Å². The van der Waals surface area contributed by atoms with Gasteiger partial charge in [-0.3, -0.25) is 0 Å². The molecule has 1 aliphatic heterocycles. The van der Waals surface area contributed by atoms with Crippen LogP contribution in [0.4, 0.5) is 4.39 Å². The summed E-state index contributed by atoms with van der Waals surface area (Å²) in [6.45, 7) is 9.69. The number of halogens is 1. The van der Waals surface area contributed by atoms with Crippen molar-refractivity contribution in [2.45, 2.75) is 82.6 Å². The summed E-state index contributed by atoms with van der Waals surface area (Å²) in [7, 11) is -2.92. The number of hydrogen-bond donors (Lipinski definition) is 1. The summed E-state index contributed by atoms with van der Waals surface area (Å²) in [5.74, 6) is -1.12. The topological polar surface area (TPSA) is 74.2 Å². The summed E-state index contributed by atoms with van der Waals surface area (Å²) in [6, 6.07) is 27.5. The molecule has 3 aromatic rings. The molecule has 3 aromatic carbocycles. The van der Waals surface area contributed by atoms with E-state index in [-0.39, 0.29) is 48.3 Å². The monoisotopic (exact) mass is 674 g/mol. The van der Waals surface area contributed by atoms with E-state index in [0.717, 1.165) is 24.8 Å². The van der Waals surface area contributed by atoms with Crippen LogP contribution in [0.5, 0.6) is 0 Å². The summed E-state index contributed by atoms with van der Waals surface area (Å²) in [4.78, 5) is 12.4. The molecule has 1 heterocycles. The van der Waals surface area contributed by atoms with E-state index in [2.05, 4.69) is 69.3 Å². The van der Waals surface area contributed by atoms with Gasteiger partial charge in [-0.05, 0) is 78.1 Å². The van der Waals surface area contributed by atoms with E-state index in [1.165, 1.54) is 28.6 Å². The molecule has 2 fully saturated rings. The number of hydrogen-bond acceptors (Lipinski definition) is 6. The molecular weight excluding hydrogens is 624 g/mol. The van der Waals surface area contributed by atoms with Crippen LogP contribution in [0.15, 0.2) is 97.1 Å². The first-order valence-corrected chi connectivity index (χ1v) is 19.3. The van der Waals surface area contributed by atoms with E-state index < -0.39 is 19.7 Å². The fraction of sp³-hybridized carbons (Fsp3) is 0.475. The Labute approximate surface area is 286 Å². The third kappa shape index (κ3) is 7.68. The molecule has 2 aliphatic rings. The maximum atomic E-state index is 14.2. The maximum absolute atomic E-state index is 14.2. The molecule has 1 unspecified atom stereocenters. The summed E-state index contributed by atoms with van der Waals surface area (Å²) in [5.41, 5.74) is 0.0675. The lowest BCUT2D eigenvalue weighted by molar-refractivity contribution is -0.197. The molecule has 0 amide bonds. The zero-order valence-electron chi connectivity index (χ0n) is 28.8. The highest BCUT2D eigenvalue weighted by Gasteiger charge is 2.57. The average molecular weight is 675 g/mol. The minimum Gasteiger partial charge on any atom is -0.463 e. The SMILES string of the molecule is CCOC(=O)C=CC[C@H]1[C@H](CO[Si](c2ccccc2)(c2ccccc2)C(C)(C)C)[C@@H](OC2CCCCO2)C[C@]1(CO)c1ccc(F)cc1. The number of ether oxygens (including phenoxy) is 3. The molecule has 1 saturated carbocycles. The molecule has 1 N–H and O–H groups in total. The Balaban J connectivity index is 1.61. The highest BCUT2D eigenvalue weighted by Crippen LogP contribution is 2.53. The predicted molar refractivity (Wildman–Crippen MR) is 189 cm³/mol. The fourth-order valence-electron chi connectivity index (χ4n) is 7.99. The summed E-state index contributed by atoms with van der Waals surface area (Å²) < 4.78 is 39.9. The molecule has 0 spiro atoms. The van der Waals surface area contributed by atoms with Gasteiger partial charge in [-0.15, -0.1) is 0 Å². The number of carbonyl (C=O) groups excluding carboxylic acids is 1. The summed E-state index contributed by atoms with van der Waals surface area (Å²) >= 11 is 0. The van der Waals surface area contributed by atoms with E-state index in [4.69, 9.17) is 18.6 Å². The lowest BCUT2D eigenvalue weighted by Crippen LogP contribution is -2.67. The molecule has 1 aliphatic carbocycles. The Hall–Kier alpha value is -3.14. The van der Waals surface area contributed by atoms with Crippen molar-refractivity contribution >= 4 is 24.7 Å². The Kier molecular flexibility index (Phi) is 12.1. The minimum atomic E-state index is -2.92. The average Bonchev–Trinajstić information content (AvgIpc) is 3.38. The molecule has 0 aromatic heterocycles. The highest BCUT2D eigenvalue weighted by molar-refractivity contribution is 6.99. The van der Waals surface area contributed by atoms with Crippen LogP contribution in [0.2, 0.25) is 5.04 Å². The Morgan fingerprint density at radius 2 is 1.65 bits per heavy atom. The van der Waals surface area contributed by atoms with Crippen molar-refractivity contribution in [1.29, 1.82) is 0 Å². The number of benzene rings is 3. The Morgan fingerprint density at radius 1 is 1.00 bits per heavy atom. The van der Waals surface area contributed by atoms with Crippen molar-refractivity contribution in [1.82, 2.24) is 0 Å². The van der Waals surface area contributed by atoms with Gasteiger partial charge in [0, 0.05) is 30.6 Å². The first-order valence-electron chi connectivity index (χ1n) is 17.4. The van der Waals surface area contributed by atoms with Crippen LogP contribution in [-0.2, 0) is 28.8 Å². The largest absolute Gasteiger partial charge is 0.463 e. The van der Waals surface area contributed by atoms with Gasteiger partial charge in [0.2, 0.25) is 0 Å². The number of aliphatic hydroxyl groups is 1. The fourth-order valence-corrected chi connectivity index (χ4v) is 12.6. The maximum Gasteiger partial charge on any atom is 0.330 e.